The largest absolute Gasteiger partial charge is 0.493 e. The molecule has 0 aromatic heterocycles. The molecular formula is C21H19ClN2O4S. The molecule has 6 nitrogen and oxygen atoms in total. The number of carbonyl (C=O) groups excluding carboxylic acids is 2. The van der Waals surface area contributed by atoms with E-state index in [0.717, 1.165) is 6.42 Å². The van der Waals surface area contributed by atoms with E-state index in [9.17, 15) is 9.59 Å². The van der Waals surface area contributed by atoms with Crippen LogP contribution in [0.5, 0.6) is 11.5 Å². The van der Waals surface area contributed by atoms with E-state index < -0.39 is 11.8 Å². The molecule has 29 heavy (non-hydrogen) atoms. The fraction of sp³-hybridized carbons (Fsp3) is 0.190. The molecule has 0 radical (unpaired) electrons. The zero-order valence-electron chi connectivity index (χ0n) is 15.9. The van der Waals surface area contributed by atoms with Crippen LogP contribution >= 0.6 is 23.8 Å². The normalized spacial score (nSPS) is 15.5. The van der Waals surface area contributed by atoms with Gasteiger partial charge in [0.1, 0.15) is 5.57 Å². The first kappa shape index (κ1) is 20.8. The number of methoxy groups -OCH3 is 1. The Balaban J connectivity index is 1.95. The molecule has 150 valence electrons. The summed E-state index contributed by atoms with van der Waals surface area (Å²) in [4.78, 5) is 26.7. The van der Waals surface area contributed by atoms with Crippen LogP contribution in [0.4, 0.5) is 5.69 Å². The van der Waals surface area contributed by atoms with Crippen molar-refractivity contribution in [2.24, 2.45) is 0 Å². The summed E-state index contributed by atoms with van der Waals surface area (Å²) in [5, 5.41) is 3.09. The Hall–Kier alpha value is -2.90. The maximum absolute atomic E-state index is 13.0. The van der Waals surface area contributed by atoms with Crippen LogP contribution in [0.2, 0.25) is 5.02 Å². The van der Waals surface area contributed by atoms with Crippen molar-refractivity contribution < 1.29 is 19.1 Å². The molecule has 1 fully saturated rings. The highest BCUT2D eigenvalue weighted by atomic mass is 35.5. The van der Waals surface area contributed by atoms with Gasteiger partial charge < -0.3 is 9.47 Å². The van der Waals surface area contributed by atoms with E-state index >= 15 is 0 Å². The van der Waals surface area contributed by atoms with E-state index in [0.29, 0.717) is 34.4 Å². The minimum absolute atomic E-state index is 0.0142. The van der Waals surface area contributed by atoms with Crippen molar-refractivity contribution in [1.82, 2.24) is 5.32 Å². The number of halogens is 1. The lowest BCUT2D eigenvalue weighted by Gasteiger charge is -2.29. The van der Waals surface area contributed by atoms with Crippen molar-refractivity contribution >= 4 is 52.5 Å². The molecule has 1 saturated heterocycles. The molecule has 2 amide bonds. The summed E-state index contributed by atoms with van der Waals surface area (Å²) in [5.41, 5.74) is 1.09. The second-order valence-electron chi connectivity index (χ2n) is 6.19. The van der Waals surface area contributed by atoms with Gasteiger partial charge in [-0.1, -0.05) is 24.6 Å². The molecule has 1 N–H and O–H groups in total. The van der Waals surface area contributed by atoms with Crippen LogP contribution in [0.15, 0.2) is 48.0 Å². The van der Waals surface area contributed by atoms with Crippen molar-refractivity contribution in [2.45, 2.75) is 13.3 Å². The summed E-state index contributed by atoms with van der Waals surface area (Å²) in [6.45, 7) is 2.57. The maximum Gasteiger partial charge on any atom is 0.270 e. The molecule has 1 aliphatic rings. The molecule has 1 aliphatic heterocycles. The van der Waals surface area contributed by atoms with E-state index in [1.165, 1.54) is 18.1 Å². The first-order chi connectivity index (χ1) is 13.9. The molecule has 8 heteroatoms. The van der Waals surface area contributed by atoms with Crippen LogP contribution in [0.3, 0.4) is 0 Å². The van der Waals surface area contributed by atoms with Gasteiger partial charge in [0, 0.05) is 5.02 Å². The van der Waals surface area contributed by atoms with Crippen molar-refractivity contribution in [3.8, 4) is 11.5 Å². The van der Waals surface area contributed by atoms with Gasteiger partial charge in [0.15, 0.2) is 16.6 Å². The zero-order chi connectivity index (χ0) is 21.0. The SMILES string of the molecule is CCCOc1ccc(C=C2C(=O)NC(=S)N(c3ccc(Cl)cc3)C2=O)cc1OC. The predicted molar refractivity (Wildman–Crippen MR) is 116 cm³/mol. The Bertz CT molecular complexity index is 989. The van der Waals surface area contributed by atoms with Crippen molar-refractivity contribution in [3.05, 3.63) is 58.6 Å². The number of hydrogen-bond acceptors (Lipinski definition) is 5. The fourth-order valence-electron chi connectivity index (χ4n) is 2.75. The Morgan fingerprint density at radius 1 is 1.14 bits per heavy atom. The average Bonchev–Trinajstić information content (AvgIpc) is 2.71. The minimum Gasteiger partial charge on any atom is -0.493 e. The van der Waals surface area contributed by atoms with Gasteiger partial charge >= 0.3 is 0 Å². The van der Waals surface area contributed by atoms with Crippen LogP contribution in [-0.2, 0) is 9.59 Å². The Labute approximate surface area is 179 Å². The van der Waals surface area contributed by atoms with Gasteiger partial charge in [0.25, 0.3) is 11.8 Å². The second kappa shape index (κ2) is 9.07. The summed E-state index contributed by atoms with van der Waals surface area (Å²) in [6.07, 6.45) is 2.36. The number of nitrogens with one attached hydrogen (secondary N) is 1. The number of amides is 2. The first-order valence-corrected chi connectivity index (χ1v) is 9.71. The number of carbonyl (C=O) groups is 2. The van der Waals surface area contributed by atoms with E-state index in [2.05, 4.69) is 5.32 Å². The van der Waals surface area contributed by atoms with Crippen LogP contribution in [0.1, 0.15) is 18.9 Å². The third kappa shape index (κ3) is 4.58. The number of nitrogens with zero attached hydrogens (tertiary/aromatic N) is 1. The summed E-state index contributed by atoms with van der Waals surface area (Å²) < 4.78 is 11.0. The quantitative estimate of drug-likeness (QED) is 0.426. The van der Waals surface area contributed by atoms with Crippen molar-refractivity contribution in [2.75, 3.05) is 18.6 Å². The molecule has 0 saturated carbocycles. The Morgan fingerprint density at radius 3 is 2.52 bits per heavy atom. The number of benzene rings is 2. The first-order valence-electron chi connectivity index (χ1n) is 8.92. The molecule has 2 aromatic carbocycles. The number of thiocarbonyl (C=S) groups is 1. The molecule has 0 spiro atoms. The van der Waals surface area contributed by atoms with Gasteiger partial charge in [0.2, 0.25) is 0 Å². The van der Waals surface area contributed by atoms with Crippen molar-refractivity contribution in [3.63, 3.8) is 0 Å². The topological polar surface area (TPSA) is 67.9 Å². The second-order valence-corrected chi connectivity index (χ2v) is 7.02. The van der Waals surface area contributed by atoms with Crippen LogP contribution in [0, 0.1) is 0 Å². The molecule has 0 aliphatic carbocycles. The van der Waals surface area contributed by atoms with Gasteiger partial charge in [-0.2, -0.15) is 0 Å². The molecule has 1 heterocycles. The average molecular weight is 431 g/mol. The highest BCUT2D eigenvalue weighted by Crippen LogP contribution is 2.30. The molecular weight excluding hydrogens is 412 g/mol. The smallest absolute Gasteiger partial charge is 0.270 e. The van der Waals surface area contributed by atoms with Gasteiger partial charge in [-0.05, 0) is 66.7 Å². The molecule has 0 atom stereocenters. The fourth-order valence-corrected chi connectivity index (χ4v) is 3.16. The summed E-state index contributed by atoms with van der Waals surface area (Å²) >= 11 is 11.1. The van der Waals surface area contributed by atoms with E-state index in [-0.39, 0.29) is 10.7 Å². The molecule has 0 bridgehead atoms. The van der Waals surface area contributed by atoms with Crippen LogP contribution in [-0.4, -0.2) is 30.6 Å². The lowest BCUT2D eigenvalue weighted by molar-refractivity contribution is -0.122. The summed E-state index contributed by atoms with van der Waals surface area (Å²) in [7, 11) is 1.53. The number of ether oxygens (including phenoxy) is 2. The molecule has 2 aromatic rings. The van der Waals surface area contributed by atoms with Gasteiger partial charge in [-0.25, -0.2) is 0 Å². The number of anilines is 1. The van der Waals surface area contributed by atoms with Gasteiger partial charge in [0.05, 0.1) is 19.4 Å². The van der Waals surface area contributed by atoms with Crippen LogP contribution < -0.4 is 19.7 Å². The maximum atomic E-state index is 13.0. The number of hydrogen-bond donors (Lipinski definition) is 1. The highest BCUT2D eigenvalue weighted by molar-refractivity contribution is 7.80. The standard InChI is InChI=1S/C21H19ClN2O4S/c1-3-10-28-17-9-4-13(12-18(17)27-2)11-16-19(25)23-21(29)24(20(16)26)15-7-5-14(22)6-8-15/h4-9,11-12H,3,10H2,1-2H3,(H,23,25,29). The lowest BCUT2D eigenvalue weighted by Crippen LogP contribution is -2.54. The lowest BCUT2D eigenvalue weighted by atomic mass is 10.1. The zero-order valence-corrected chi connectivity index (χ0v) is 17.5. The van der Waals surface area contributed by atoms with Crippen LogP contribution in [0.25, 0.3) is 6.08 Å². The summed E-state index contributed by atoms with van der Waals surface area (Å²) in [6, 6.07) is 11.8. The van der Waals surface area contributed by atoms with Gasteiger partial charge in [-0.3, -0.25) is 19.8 Å². The Morgan fingerprint density at radius 2 is 1.86 bits per heavy atom. The monoisotopic (exact) mass is 430 g/mol. The van der Waals surface area contributed by atoms with Crippen molar-refractivity contribution in [1.29, 1.82) is 0 Å². The predicted octanol–water partition coefficient (Wildman–Crippen LogP) is 3.97. The van der Waals surface area contributed by atoms with E-state index in [1.807, 2.05) is 6.92 Å². The van der Waals surface area contributed by atoms with Gasteiger partial charge in [-0.15, -0.1) is 0 Å². The molecule has 3 rings (SSSR count). The van der Waals surface area contributed by atoms with E-state index in [4.69, 9.17) is 33.3 Å². The third-order valence-electron chi connectivity index (χ3n) is 4.15. The number of rotatable bonds is 6. The summed E-state index contributed by atoms with van der Waals surface area (Å²) in [5.74, 6) is 0.0308. The Kier molecular flexibility index (Phi) is 6.51. The minimum atomic E-state index is -0.560. The highest BCUT2D eigenvalue weighted by Gasteiger charge is 2.34. The molecule has 0 unspecified atom stereocenters. The van der Waals surface area contributed by atoms with E-state index in [1.54, 1.807) is 42.5 Å². The third-order valence-corrected chi connectivity index (χ3v) is 4.68.